The van der Waals surface area contributed by atoms with E-state index in [1.807, 2.05) is 0 Å². The average Bonchev–Trinajstić information content (AvgIpc) is 2.81. The van der Waals surface area contributed by atoms with Crippen LogP contribution >= 0.6 is 0 Å². The van der Waals surface area contributed by atoms with Gasteiger partial charge in [0.2, 0.25) is 11.8 Å². The van der Waals surface area contributed by atoms with Gasteiger partial charge < -0.3 is 9.21 Å². The molecule has 7 nitrogen and oxygen atoms in total. The topological polar surface area (TPSA) is 98.4 Å². The minimum absolute atomic E-state index is 0.0861. The number of aromatic nitrogens is 1. The normalized spacial score (nSPS) is 18.2. The molecule has 2 amide bonds. The maximum atomic E-state index is 13.8. The van der Waals surface area contributed by atoms with E-state index in [9.17, 15) is 23.6 Å². The minimum Gasteiger partial charge on any atom is -0.407 e. The Morgan fingerprint density at radius 2 is 2.13 bits per heavy atom. The van der Waals surface area contributed by atoms with Gasteiger partial charge in [-0.25, -0.2) is 9.18 Å². The van der Waals surface area contributed by atoms with Gasteiger partial charge in [0.15, 0.2) is 5.58 Å². The maximum absolute atomic E-state index is 13.8. The Balaban J connectivity index is 2.14. The van der Waals surface area contributed by atoms with Gasteiger partial charge in [-0.2, -0.15) is 0 Å². The van der Waals surface area contributed by atoms with Gasteiger partial charge in [-0.15, -0.1) is 0 Å². The fraction of sp³-hybridized carbons (Fsp3) is 0.333. The number of halogens is 1. The van der Waals surface area contributed by atoms with Crippen LogP contribution in [0.1, 0.15) is 30.9 Å². The first kappa shape index (κ1) is 15.1. The predicted octanol–water partition coefficient (Wildman–Crippen LogP) is 0.843. The number of carbonyl (C=O) groups excluding carboxylic acids is 3. The molecule has 8 heteroatoms. The Morgan fingerprint density at radius 3 is 2.83 bits per heavy atom. The van der Waals surface area contributed by atoms with E-state index < -0.39 is 29.4 Å². The van der Waals surface area contributed by atoms with Crippen molar-refractivity contribution in [1.29, 1.82) is 0 Å². The van der Waals surface area contributed by atoms with Crippen LogP contribution in [0.3, 0.4) is 0 Å². The molecule has 1 atom stereocenters. The highest BCUT2D eigenvalue weighted by Crippen LogP contribution is 2.26. The van der Waals surface area contributed by atoms with E-state index in [0.29, 0.717) is 11.8 Å². The van der Waals surface area contributed by atoms with Crippen molar-refractivity contribution in [2.24, 2.45) is 0 Å². The SMILES string of the molecule is O=CCCc1cc(F)cc2c1oc(=O)n2C1CCC(=O)NC1=O. The molecule has 0 bridgehead atoms. The maximum Gasteiger partial charge on any atom is 0.420 e. The van der Waals surface area contributed by atoms with Crippen LogP contribution in [0, 0.1) is 5.82 Å². The van der Waals surface area contributed by atoms with Gasteiger partial charge in [0, 0.05) is 24.5 Å². The van der Waals surface area contributed by atoms with Gasteiger partial charge in [-0.05, 0) is 18.9 Å². The Bertz CT molecular complexity index is 867. The van der Waals surface area contributed by atoms with Crippen LogP contribution in [0.2, 0.25) is 0 Å². The lowest BCUT2D eigenvalue weighted by molar-refractivity contribution is -0.135. The number of nitrogens with zero attached hydrogens (tertiary/aromatic N) is 1. The average molecular weight is 320 g/mol. The highest BCUT2D eigenvalue weighted by Gasteiger charge is 2.31. The number of hydrogen-bond donors (Lipinski definition) is 1. The second kappa shape index (κ2) is 5.79. The lowest BCUT2D eigenvalue weighted by Gasteiger charge is -2.21. The van der Waals surface area contributed by atoms with Crippen molar-refractivity contribution in [3.8, 4) is 0 Å². The molecule has 2 heterocycles. The van der Waals surface area contributed by atoms with Gasteiger partial charge in [0.1, 0.15) is 18.1 Å². The Morgan fingerprint density at radius 1 is 1.35 bits per heavy atom. The smallest absolute Gasteiger partial charge is 0.407 e. The largest absolute Gasteiger partial charge is 0.420 e. The van der Waals surface area contributed by atoms with Gasteiger partial charge in [-0.3, -0.25) is 19.5 Å². The zero-order valence-corrected chi connectivity index (χ0v) is 12.0. The summed E-state index contributed by atoms with van der Waals surface area (Å²) in [7, 11) is 0. The lowest BCUT2D eigenvalue weighted by Crippen LogP contribution is -2.43. The van der Waals surface area contributed by atoms with Gasteiger partial charge >= 0.3 is 5.76 Å². The predicted molar refractivity (Wildman–Crippen MR) is 76.2 cm³/mol. The Labute approximate surface area is 129 Å². The molecule has 1 N–H and O–H groups in total. The highest BCUT2D eigenvalue weighted by molar-refractivity contribution is 6.00. The Kier molecular flexibility index (Phi) is 3.81. The third-order valence-electron chi connectivity index (χ3n) is 3.81. The zero-order chi connectivity index (χ0) is 16.6. The first-order valence-corrected chi connectivity index (χ1v) is 7.12. The third kappa shape index (κ3) is 2.67. The molecule has 1 fully saturated rings. The standard InChI is InChI=1S/C15H13FN2O5/c16-9-6-8(2-1-5-19)13-11(7-9)18(15(22)23-13)10-3-4-12(20)17-14(10)21/h5-7,10H,1-4H2,(H,17,20,21). The van der Waals surface area contributed by atoms with Crippen molar-refractivity contribution in [2.45, 2.75) is 31.7 Å². The summed E-state index contributed by atoms with van der Waals surface area (Å²) in [6, 6.07) is 1.37. The van der Waals surface area contributed by atoms with Crippen LogP contribution < -0.4 is 11.1 Å². The molecule has 3 rings (SSSR count). The van der Waals surface area contributed by atoms with E-state index in [2.05, 4.69) is 5.32 Å². The second-order valence-corrected chi connectivity index (χ2v) is 5.32. The van der Waals surface area contributed by atoms with Crippen molar-refractivity contribution in [3.05, 3.63) is 34.1 Å². The molecular weight excluding hydrogens is 307 g/mol. The summed E-state index contributed by atoms with van der Waals surface area (Å²) in [5.74, 6) is -2.43. The Hall–Kier alpha value is -2.77. The summed E-state index contributed by atoms with van der Waals surface area (Å²) < 4.78 is 20.1. The van der Waals surface area contributed by atoms with Gasteiger partial charge in [0.05, 0.1) is 5.52 Å². The first-order chi connectivity index (χ1) is 11.0. The fourth-order valence-corrected chi connectivity index (χ4v) is 2.79. The molecule has 1 saturated heterocycles. The number of rotatable bonds is 4. The number of piperidine rings is 1. The van der Waals surface area contributed by atoms with Gasteiger partial charge in [0.25, 0.3) is 0 Å². The lowest BCUT2D eigenvalue weighted by atomic mass is 10.0. The van der Waals surface area contributed by atoms with E-state index in [-0.39, 0.29) is 36.8 Å². The third-order valence-corrected chi connectivity index (χ3v) is 3.81. The van der Waals surface area contributed by atoms with E-state index in [0.717, 1.165) is 10.6 Å². The fourth-order valence-electron chi connectivity index (χ4n) is 2.79. The molecule has 0 spiro atoms. The number of benzene rings is 1. The quantitative estimate of drug-likeness (QED) is 0.665. The number of aryl methyl sites for hydroxylation is 1. The van der Waals surface area contributed by atoms with Crippen molar-refractivity contribution in [1.82, 2.24) is 9.88 Å². The van der Waals surface area contributed by atoms with Crippen LogP contribution in [0.25, 0.3) is 11.1 Å². The molecule has 23 heavy (non-hydrogen) atoms. The number of carbonyl (C=O) groups is 3. The van der Waals surface area contributed by atoms with E-state index >= 15 is 0 Å². The van der Waals surface area contributed by atoms with Crippen LogP contribution in [-0.4, -0.2) is 22.7 Å². The molecular formula is C15H13FN2O5. The molecule has 0 radical (unpaired) electrons. The molecule has 1 aromatic heterocycles. The number of fused-ring (bicyclic) bond motifs is 1. The van der Waals surface area contributed by atoms with E-state index in [1.165, 1.54) is 6.07 Å². The van der Waals surface area contributed by atoms with E-state index in [1.54, 1.807) is 0 Å². The molecule has 1 aliphatic heterocycles. The van der Waals surface area contributed by atoms with Crippen molar-refractivity contribution < 1.29 is 23.2 Å². The zero-order valence-electron chi connectivity index (χ0n) is 12.0. The number of nitrogens with one attached hydrogen (secondary N) is 1. The van der Waals surface area contributed by atoms with E-state index in [4.69, 9.17) is 4.42 Å². The van der Waals surface area contributed by atoms with Gasteiger partial charge in [-0.1, -0.05) is 0 Å². The molecule has 0 saturated carbocycles. The molecule has 1 aliphatic rings. The van der Waals surface area contributed by atoms with Crippen molar-refractivity contribution >= 4 is 29.2 Å². The van der Waals surface area contributed by atoms with Crippen LogP contribution in [-0.2, 0) is 20.8 Å². The summed E-state index contributed by atoms with van der Waals surface area (Å²) in [6.45, 7) is 0. The summed E-state index contributed by atoms with van der Waals surface area (Å²) in [4.78, 5) is 45.9. The van der Waals surface area contributed by atoms with Crippen LogP contribution in [0.15, 0.2) is 21.3 Å². The molecule has 120 valence electrons. The second-order valence-electron chi connectivity index (χ2n) is 5.32. The molecule has 2 aromatic rings. The van der Waals surface area contributed by atoms with Crippen LogP contribution in [0.5, 0.6) is 0 Å². The minimum atomic E-state index is -0.929. The number of aldehydes is 1. The van der Waals surface area contributed by atoms with Crippen molar-refractivity contribution in [2.75, 3.05) is 0 Å². The summed E-state index contributed by atoms with van der Waals surface area (Å²) in [5.41, 5.74) is 0.684. The molecule has 1 unspecified atom stereocenters. The summed E-state index contributed by atoms with van der Waals surface area (Å²) >= 11 is 0. The van der Waals surface area contributed by atoms with Crippen LogP contribution in [0.4, 0.5) is 4.39 Å². The molecule has 0 aliphatic carbocycles. The monoisotopic (exact) mass is 320 g/mol. The number of oxazole rings is 1. The highest BCUT2D eigenvalue weighted by atomic mass is 19.1. The number of hydrogen-bond acceptors (Lipinski definition) is 5. The number of amides is 2. The van der Waals surface area contributed by atoms with Crippen molar-refractivity contribution in [3.63, 3.8) is 0 Å². The molecule has 1 aromatic carbocycles. The first-order valence-electron chi connectivity index (χ1n) is 7.12. The summed E-state index contributed by atoms with van der Waals surface area (Å²) in [5, 5.41) is 2.15. The summed E-state index contributed by atoms with van der Waals surface area (Å²) in [6.07, 6.45) is 1.29. The number of imide groups is 1.